The maximum atomic E-state index is 13.6. The van der Waals surface area contributed by atoms with Gasteiger partial charge in [0, 0.05) is 37.0 Å². The number of hydrogen-bond donors (Lipinski definition) is 0. The molecule has 0 bridgehead atoms. The van der Waals surface area contributed by atoms with Gasteiger partial charge in [-0.2, -0.15) is 0 Å². The molecule has 1 fully saturated rings. The topological polar surface area (TPSA) is 52.0 Å². The molecule has 1 aromatic carbocycles. The zero-order chi connectivity index (χ0) is 12.1. The Hall–Kier alpha value is -1.58. The highest BCUT2D eigenvalue weighted by Gasteiger charge is 2.31. The third-order valence-corrected chi connectivity index (χ3v) is 3.07. The Labute approximate surface area is 99.7 Å². The molecule has 0 spiro atoms. The van der Waals surface area contributed by atoms with Gasteiger partial charge in [0.1, 0.15) is 6.17 Å². The minimum atomic E-state index is -0.885. The van der Waals surface area contributed by atoms with E-state index >= 15 is 0 Å². The van der Waals surface area contributed by atoms with Gasteiger partial charge in [-0.25, -0.2) is 4.39 Å². The van der Waals surface area contributed by atoms with Gasteiger partial charge in [-0.05, 0) is 11.1 Å². The van der Waals surface area contributed by atoms with Crippen LogP contribution in [0.1, 0.15) is 5.56 Å². The highest BCUT2D eigenvalue weighted by Crippen LogP contribution is 2.22. The van der Waals surface area contributed by atoms with Crippen LogP contribution in [0.5, 0.6) is 0 Å². The minimum absolute atomic E-state index is 0.158. The van der Waals surface area contributed by atoms with Crippen molar-refractivity contribution in [2.24, 2.45) is 11.0 Å². The maximum absolute atomic E-state index is 13.6. The third-order valence-electron chi connectivity index (χ3n) is 3.07. The van der Waals surface area contributed by atoms with Crippen molar-refractivity contribution in [2.45, 2.75) is 12.7 Å². The summed E-state index contributed by atoms with van der Waals surface area (Å²) in [6.45, 7) is 2.10. The van der Waals surface area contributed by atoms with E-state index in [0.29, 0.717) is 13.1 Å². The van der Waals surface area contributed by atoms with Crippen LogP contribution in [-0.4, -0.2) is 30.7 Å². The Bertz CT molecular complexity index is 402. The van der Waals surface area contributed by atoms with Gasteiger partial charge in [-0.15, -0.1) is 0 Å². The van der Waals surface area contributed by atoms with E-state index in [2.05, 4.69) is 14.9 Å². The van der Waals surface area contributed by atoms with Gasteiger partial charge in [0.25, 0.3) is 0 Å². The van der Waals surface area contributed by atoms with E-state index < -0.39 is 6.17 Å². The normalized spacial score (nSPS) is 24.5. The first-order valence-electron chi connectivity index (χ1n) is 5.71. The van der Waals surface area contributed by atoms with Crippen LogP contribution in [0.15, 0.2) is 35.4 Å². The molecule has 4 nitrogen and oxygen atoms in total. The fourth-order valence-corrected chi connectivity index (χ4v) is 2.20. The van der Waals surface area contributed by atoms with E-state index in [1.807, 2.05) is 30.3 Å². The number of azide groups is 1. The zero-order valence-electron chi connectivity index (χ0n) is 9.54. The van der Waals surface area contributed by atoms with E-state index in [1.165, 1.54) is 5.56 Å². The molecule has 17 heavy (non-hydrogen) atoms. The molecule has 5 heteroatoms. The molecule has 2 atom stereocenters. The van der Waals surface area contributed by atoms with Crippen LogP contribution in [0.2, 0.25) is 0 Å². The van der Waals surface area contributed by atoms with Crippen LogP contribution in [0.25, 0.3) is 10.4 Å². The lowest BCUT2D eigenvalue weighted by Crippen LogP contribution is -2.20. The van der Waals surface area contributed by atoms with Crippen molar-refractivity contribution in [1.29, 1.82) is 0 Å². The van der Waals surface area contributed by atoms with Gasteiger partial charge in [0.15, 0.2) is 0 Å². The van der Waals surface area contributed by atoms with Crippen LogP contribution in [0, 0.1) is 5.92 Å². The molecule has 1 aromatic rings. The second-order valence-corrected chi connectivity index (χ2v) is 4.37. The molecule has 0 radical (unpaired) electrons. The summed E-state index contributed by atoms with van der Waals surface area (Å²) in [4.78, 5) is 4.75. The molecule has 90 valence electrons. The summed E-state index contributed by atoms with van der Waals surface area (Å²) >= 11 is 0. The average molecular weight is 234 g/mol. The van der Waals surface area contributed by atoms with Crippen molar-refractivity contribution in [3.63, 3.8) is 0 Å². The Morgan fingerprint density at radius 3 is 2.82 bits per heavy atom. The van der Waals surface area contributed by atoms with Crippen molar-refractivity contribution in [1.82, 2.24) is 4.90 Å². The lowest BCUT2D eigenvalue weighted by atomic mass is 10.1. The monoisotopic (exact) mass is 234 g/mol. The molecular weight excluding hydrogens is 219 g/mol. The Morgan fingerprint density at radius 1 is 1.35 bits per heavy atom. The predicted octanol–water partition coefficient (Wildman–Crippen LogP) is 2.77. The van der Waals surface area contributed by atoms with Crippen molar-refractivity contribution >= 4 is 0 Å². The first-order chi connectivity index (χ1) is 8.29. The second-order valence-electron chi connectivity index (χ2n) is 4.37. The Kier molecular flexibility index (Phi) is 3.96. The molecule has 1 aliphatic rings. The molecule has 0 aromatic heterocycles. The highest BCUT2D eigenvalue weighted by atomic mass is 19.1. The van der Waals surface area contributed by atoms with Crippen LogP contribution >= 0.6 is 0 Å². The van der Waals surface area contributed by atoms with Crippen molar-refractivity contribution < 1.29 is 4.39 Å². The minimum Gasteiger partial charge on any atom is -0.296 e. The van der Waals surface area contributed by atoms with Crippen LogP contribution in [-0.2, 0) is 6.54 Å². The van der Waals surface area contributed by atoms with Crippen molar-refractivity contribution in [3.8, 4) is 0 Å². The smallest absolute Gasteiger partial charge is 0.117 e. The average Bonchev–Trinajstić information content (AvgIpc) is 2.68. The molecule has 1 saturated heterocycles. The van der Waals surface area contributed by atoms with Crippen molar-refractivity contribution in [3.05, 3.63) is 46.3 Å². The number of alkyl halides is 1. The molecule has 2 rings (SSSR count). The summed E-state index contributed by atoms with van der Waals surface area (Å²) in [5.41, 5.74) is 9.42. The van der Waals surface area contributed by atoms with Crippen LogP contribution in [0.4, 0.5) is 4.39 Å². The lowest BCUT2D eigenvalue weighted by molar-refractivity contribution is 0.271. The number of nitrogens with zero attached hydrogens (tertiary/aromatic N) is 4. The molecule has 0 unspecified atom stereocenters. The van der Waals surface area contributed by atoms with Gasteiger partial charge >= 0.3 is 0 Å². The van der Waals surface area contributed by atoms with Gasteiger partial charge in [-0.3, -0.25) is 4.90 Å². The number of hydrogen-bond acceptors (Lipinski definition) is 2. The van der Waals surface area contributed by atoms with E-state index in [9.17, 15) is 4.39 Å². The molecule has 1 heterocycles. The van der Waals surface area contributed by atoms with Gasteiger partial charge in [0.2, 0.25) is 0 Å². The summed E-state index contributed by atoms with van der Waals surface area (Å²) in [6, 6.07) is 10.0. The van der Waals surface area contributed by atoms with Gasteiger partial charge in [-0.1, -0.05) is 35.4 Å². The summed E-state index contributed by atoms with van der Waals surface area (Å²) in [5.74, 6) is -0.158. The largest absolute Gasteiger partial charge is 0.296 e. The lowest BCUT2D eigenvalue weighted by Gasteiger charge is -2.14. The molecule has 0 N–H and O–H groups in total. The van der Waals surface area contributed by atoms with Gasteiger partial charge < -0.3 is 0 Å². The van der Waals surface area contributed by atoms with E-state index in [4.69, 9.17) is 5.53 Å². The fourth-order valence-electron chi connectivity index (χ4n) is 2.20. The van der Waals surface area contributed by atoms with Crippen molar-refractivity contribution in [2.75, 3.05) is 19.6 Å². The Morgan fingerprint density at radius 2 is 2.12 bits per heavy atom. The molecule has 0 aliphatic carbocycles. The molecule has 1 aliphatic heterocycles. The number of benzene rings is 1. The van der Waals surface area contributed by atoms with Crippen LogP contribution < -0.4 is 0 Å². The molecule has 0 amide bonds. The SMILES string of the molecule is [N-]=[N+]=NC[C@H]1CN(Cc2ccccc2)C[C@H]1F. The zero-order valence-corrected chi connectivity index (χ0v) is 9.54. The second kappa shape index (κ2) is 5.66. The number of likely N-dealkylation sites (tertiary alicyclic amines) is 1. The maximum Gasteiger partial charge on any atom is 0.117 e. The first-order valence-corrected chi connectivity index (χ1v) is 5.71. The highest BCUT2D eigenvalue weighted by molar-refractivity contribution is 5.14. The summed E-state index contributed by atoms with van der Waals surface area (Å²) in [6.07, 6.45) is -0.885. The Balaban J connectivity index is 1.90. The predicted molar refractivity (Wildman–Crippen MR) is 64.1 cm³/mol. The molecular formula is C12H15FN4. The van der Waals surface area contributed by atoms with E-state index in [0.717, 1.165) is 6.54 Å². The number of rotatable bonds is 4. The van der Waals surface area contributed by atoms with Gasteiger partial charge in [0.05, 0.1) is 0 Å². The standard InChI is InChI=1S/C12H15FN4/c13-12-9-17(8-11(12)6-15-16-14)7-10-4-2-1-3-5-10/h1-5,11-12H,6-9H2/t11-,12+/m0/s1. The van der Waals surface area contributed by atoms with E-state index in [-0.39, 0.29) is 12.5 Å². The van der Waals surface area contributed by atoms with Crippen LogP contribution in [0.3, 0.4) is 0 Å². The molecule has 0 saturated carbocycles. The quantitative estimate of drug-likeness (QED) is 0.449. The summed E-state index contributed by atoms with van der Waals surface area (Å²) in [5, 5.41) is 3.46. The third kappa shape index (κ3) is 3.19. The summed E-state index contributed by atoms with van der Waals surface area (Å²) in [7, 11) is 0. The summed E-state index contributed by atoms with van der Waals surface area (Å²) < 4.78 is 13.6. The first kappa shape index (κ1) is 11.9. The number of halogens is 1. The van der Waals surface area contributed by atoms with E-state index in [1.54, 1.807) is 0 Å². The fraction of sp³-hybridized carbons (Fsp3) is 0.500.